The number of hydrogen-bond acceptors (Lipinski definition) is 5. The van der Waals surface area contributed by atoms with E-state index >= 15 is 0 Å². The van der Waals surface area contributed by atoms with Gasteiger partial charge in [-0.1, -0.05) is 30.3 Å². The second-order valence-electron chi connectivity index (χ2n) is 7.09. The standard InChI is InChI=1S/C12H16N2O2.C10H15NO/c1-13-10-5-2-4-9-11(16)6-3-7-14(8-15)12(9)10;1-8(11)6-7-9-4-2-3-5-10(9)12/h2,4-5,8,11,13,16H,3,6-7H2,1H3;2-5,8,12H,6-7,11H2,1H3. The third-order valence-electron chi connectivity index (χ3n) is 4.85. The molecule has 0 aromatic heterocycles. The molecule has 0 spiro atoms. The minimum absolute atomic E-state index is 0.199. The van der Waals surface area contributed by atoms with E-state index in [-0.39, 0.29) is 6.04 Å². The summed E-state index contributed by atoms with van der Waals surface area (Å²) < 4.78 is 0. The highest BCUT2D eigenvalue weighted by Gasteiger charge is 2.23. The Balaban J connectivity index is 0.000000209. The van der Waals surface area contributed by atoms with Crippen molar-refractivity contribution in [1.82, 2.24) is 0 Å². The SMILES string of the molecule is CC(N)CCc1ccccc1O.CNc1cccc2c1N(C=O)CCCC2O. The highest BCUT2D eigenvalue weighted by atomic mass is 16.3. The Labute approximate surface area is 167 Å². The van der Waals surface area contributed by atoms with Gasteiger partial charge in [-0.15, -0.1) is 0 Å². The largest absolute Gasteiger partial charge is 0.508 e. The molecular weight excluding hydrogens is 354 g/mol. The van der Waals surface area contributed by atoms with Gasteiger partial charge in [0.05, 0.1) is 17.5 Å². The van der Waals surface area contributed by atoms with E-state index in [0.29, 0.717) is 18.7 Å². The lowest BCUT2D eigenvalue weighted by molar-refractivity contribution is -0.107. The van der Waals surface area contributed by atoms with Gasteiger partial charge in [0, 0.05) is 25.2 Å². The molecule has 0 bridgehead atoms. The molecule has 5 N–H and O–H groups in total. The highest BCUT2D eigenvalue weighted by molar-refractivity contribution is 5.86. The van der Waals surface area contributed by atoms with Crippen LogP contribution in [0.2, 0.25) is 0 Å². The van der Waals surface area contributed by atoms with E-state index in [1.807, 2.05) is 50.4 Å². The fourth-order valence-corrected chi connectivity index (χ4v) is 3.29. The van der Waals surface area contributed by atoms with Crippen molar-refractivity contribution in [3.8, 4) is 5.75 Å². The van der Waals surface area contributed by atoms with Crippen LogP contribution < -0.4 is 16.0 Å². The van der Waals surface area contributed by atoms with Crippen molar-refractivity contribution in [2.45, 2.75) is 44.8 Å². The van der Waals surface area contributed by atoms with Gasteiger partial charge in [0.1, 0.15) is 5.75 Å². The van der Waals surface area contributed by atoms with Crippen molar-refractivity contribution < 1.29 is 15.0 Å². The maximum Gasteiger partial charge on any atom is 0.214 e. The number of para-hydroxylation sites is 2. The number of aliphatic hydroxyl groups excluding tert-OH is 1. The number of nitrogens with two attached hydrogens (primary N) is 1. The van der Waals surface area contributed by atoms with Gasteiger partial charge >= 0.3 is 0 Å². The molecule has 0 saturated carbocycles. The quantitative estimate of drug-likeness (QED) is 0.593. The second-order valence-corrected chi connectivity index (χ2v) is 7.09. The number of anilines is 2. The second kappa shape index (κ2) is 10.7. The van der Waals surface area contributed by atoms with Crippen molar-refractivity contribution in [3.05, 3.63) is 53.6 Å². The van der Waals surface area contributed by atoms with Crippen LogP contribution in [-0.2, 0) is 11.2 Å². The van der Waals surface area contributed by atoms with E-state index < -0.39 is 6.10 Å². The average Bonchev–Trinajstić information content (AvgIpc) is 2.86. The van der Waals surface area contributed by atoms with Crippen molar-refractivity contribution in [2.24, 2.45) is 5.73 Å². The van der Waals surface area contributed by atoms with E-state index in [9.17, 15) is 15.0 Å². The first kappa shape index (κ1) is 21.7. The van der Waals surface area contributed by atoms with Crippen LogP contribution in [0.25, 0.3) is 0 Å². The predicted octanol–water partition coefficient (Wildman–Crippen LogP) is 3.19. The first-order valence-electron chi connectivity index (χ1n) is 9.71. The molecule has 28 heavy (non-hydrogen) atoms. The summed E-state index contributed by atoms with van der Waals surface area (Å²) in [6, 6.07) is 13.3. The molecule has 0 saturated heterocycles. The molecule has 3 rings (SSSR count). The number of fused-ring (bicyclic) bond motifs is 1. The molecule has 6 heteroatoms. The van der Waals surface area contributed by atoms with E-state index in [0.717, 1.165) is 48.2 Å². The van der Waals surface area contributed by atoms with Crippen molar-refractivity contribution in [1.29, 1.82) is 0 Å². The summed E-state index contributed by atoms with van der Waals surface area (Å²) in [5, 5.41) is 22.4. The first-order chi connectivity index (χ1) is 13.5. The van der Waals surface area contributed by atoms with E-state index in [1.165, 1.54) is 0 Å². The number of aromatic hydroxyl groups is 1. The van der Waals surface area contributed by atoms with Gasteiger partial charge in [-0.3, -0.25) is 4.79 Å². The first-order valence-corrected chi connectivity index (χ1v) is 9.71. The van der Waals surface area contributed by atoms with E-state index in [2.05, 4.69) is 5.32 Å². The minimum Gasteiger partial charge on any atom is -0.508 e. The zero-order valence-corrected chi connectivity index (χ0v) is 16.6. The van der Waals surface area contributed by atoms with E-state index in [4.69, 9.17) is 5.73 Å². The average molecular weight is 386 g/mol. The van der Waals surface area contributed by atoms with Crippen molar-refractivity contribution >= 4 is 17.8 Å². The molecule has 2 unspecified atom stereocenters. The number of rotatable bonds is 5. The van der Waals surface area contributed by atoms with Crippen LogP contribution in [0.3, 0.4) is 0 Å². The van der Waals surface area contributed by atoms with Gasteiger partial charge in [0.15, 0.2) is 0 Å². The maximum atomic E-state index is 11.1. The van der Waals surface area contributed by atoms with Gasteiger partial charge in [-0.05, 0) is 50.3 Å². The lowest BCUT2D eigenvalue weighted by atomic mass is 10.0. The number of benzene rings is 2. The molecule has 6 nitrogen and oxygen atoms in total. The Morgan fingerprint density at radius 2 is 2.04 bits per heavy atom. The van der Waals surface area contributed by atoms with Crippen molar-refractivity contribution in [3.63, 3.8) is 0 Å². The summed E-state index contributed by atoms with van der Waals surface area (Å²) in [5.41, 5.74) is 9.11. The number of nitrogens with one attached hydrogen (secondary N) is 1. The molecule has 0 aliphatic carbocycles. The molecule has 152 valence electrons. The summed E-state index contributed by atoms with van der Waals surface area (Å²) in [4.78, 5) is 12.7. The number of nitrogens with zero attached hydrogens (tertiary/aromatic N) is 1. The smallest absolute Gasteiger partial charge is 0.214 e. The predicted molar refractivity (Wildman–Crippen MR) is 114 cm³/mol. The minimum atomic E-state index is -0.478. The number of aliphatic hydroxyl groups is 1. The van der Waals surface area contributed by atoms with Crippen LogP contribution >= 0.6 is 0 Å². The molecule has 1 heterocycles. The number of aryl methyl sites for hydroxylation is 1. The number of carbonyl (C=O) groups excluding carboxylic acids is 1. The van der Waals surface area contributed by atoms with Gasteiger partial charge in [-0.2, -0.15) is 0 Å². The molecule has 2 aromatic carbocycles. The Bertz CT molecular complexity index is 764. The van der Waals surface area contributed by atoms with E-state index in [1.54, 1.807) is 11.0 Å². The number of amides is 1. The monoisotopic (exact) mass is 385 g/mol. The molecule has 2 atom stereocenters. The summed E-state index contributed by atoms with van der Waals surface area (Å²) in [7, 11) is 1.82. The number of phenols is 1. The molecule has 1 amide bonds. The van der Waals surface area contributed by atoms with Gasteiger partial charge in [0.2, 0.25) is 6.41 Å². The molecule has 1 aliphatic rings. The highest BCUT2D eigenvalue weighted by Crippen LogP contribution is 2.37. The normalized spacial score (nSPS) is 16.9. The van der Waals surface area contributed by atoms with Crippen LogP contribution in [0, 0.1) is 0 Å². The van der Waals surface area contributed by atoms with Gasteiger partial charge in [0.25, 0.3) is 0 Å². The third kappa shape index (κ3) is 5.71. The summed E-state index contributed by atoms with van der Waals surface area (Å²) in [6.45, 7) is 2.63. The van der Waals surface area contributed by atoms with Crippen LogP contribution in [0.1, 0.15) is 43.4 Å². The molecular formula is C22H31N3O3. The Hall–Kier alpha value is -2.57. The zero-order valence-electron chi connectivity index (χ0n) is 16.6. The zero-order chi connectivity index (χ0) is 20.5. The van der Waals surface area contributed by atoms with Crippen LogP contribution in [0.15, 0.2) is 42.5 Å². The van der Waals surface area contributed by atoms with Gasteiger partial charge < -0.3 is 26.2 Å². The van der Waals surface area contributed by atoms with Crippen LogP contribution in [-0.4, -0.2) is 36.3 Å². The molecule has 0 radical (unpaired) electrons. The van der Waals surface area contributed by atoms with Crippen LogP contribution in [0.4, 0.5) is 11.4 Å². The lowest BCUT2D eigenvalue weighted by Crippen LogP contribution is -2.22. The molecule has 1 aliphatic heterocycles. The fraction of sp³-hybridized carbons (Fsp3) is 0.409. The van der Waals surface area contributed by atoms with Crippen molar-refractivity contribution in [2.75, 3.05) is 23.8 Å². The van der Waals surface area contributed by atoms with Gasteiger partial charge in [-0.25, -0.2) is 0 Å². The Kier molecular flexibility index (Phi) is 8.29. The summed E-state index contributed by atoms with van der Waals surface area (Å²) in [6.07, 6.45) is 3.63. The fourth-order valence-electron chi connectivity index (χ4n) is 3.29. The topological polar surface area (TPSA) is 98.8 Å². The Morgan fingerprint density at radius 3 is 2.68 bits per heavy atom. The molecule has 2 aromatic rings. The Morgan fingerprint density at radius 1 is 1.29 bits per heavy atom. The number of phenolic OH excluding ortho intramolecular Hbond substituents is 1. The number of hydrogen-bond donors (Lipinski definition) is 4. The molecule has 0 fully saturated rings. The third-order valence-corrected chi connectivity index (χ3v) is 4.85. The summed E-state index contributed by atoms with van der Waals surface area (Å²) >= 11 is 0. The summed E-state index contributed by atoms with van der Waals surface area (Å²) in [5.74, 6) is 0.373. The maximum absolute atomic E-state index is 11.1. The van der Waals surface area contributed by atoms with Crippen LogP contribution in [0.5, 0.6) is 5.75 Å². The number of carbonyl (C=O) groups is 1. The lowest BCUT2D eigenvalue weighted by Gasteiger charge is -2.21.